The second kappa shape index (κ2) is 7.24. The lowest BCUT2D eigenvalue weighted by Gasteiger charge is -2.10. The predicted molar refractivity (Wildman–Crippen MR) is 82.1 cm³/mol. The lowest BCUT2D eigenvalue weighted by molar-refractivity contribution is -0.122. The van der Waals surface area contributed by atoms with Crippen LogP contribution in [0.5, 0.6) is 0 Å². The standard InChI is InChI=1S/C15H17N3O2.ClH/c19-15(12-7-4-8-16-12)17-9-13-14(20-10-18-13)11-5-2-1-3-6-11;/h1-3,5-6,10,12,16H,4,7-9H2,(H,17,19);1H. The summed E-state index contributed by atoms with van der Waals surface area (Å²) in [6, 6.07) is 9.70. The van der Waals surface area contributed by atoms with Crippen LogP contribution in [0.2, 0.25) is 0 Å². The highest BCUT2D eigenvalue weighted by molar-refractivity contribution is 5.85. The number of rotatable bonds is 4. The molecule has 112 valence electrons. The predicted octanol–water partition coefficient (Wildman–Crippen LogP) is 2.13. The molecule has 6 heteroatoms. The van der Waals surface area contributed by atoms with Crippen molar-refractivity contribution in [1.82, 2.24) is 15.6 Å². The van der Waals surface area contributed by atoms with Crippen LogP contribution in [-0.2, 0) is 11.3 Å². The van der Waals surface area contributed by atoms with E-state index in [1.54, 1.807) is 0 Å². The molecule has 0 bridgehead atoms. The number of carbonyl (C=O) groups excluding carboxylic acids is 1. The zero-order valence-corrected chi connectivity index (χ0v) is 12.4. The van der Waals surface area contributed by atoms with Crippen molar-refractivity contribution in [2.75, 3.05) is 6.54 Å². The molecule has 0 spiro atoms. The first-order chi connectivity index (χ1) is 9.84. The smallest absolute Gasteiger partial charge is 0.237 e. The van der Waals surface area contributed by atoms with Crippen LogP contribution in [0.3, 0.4) is 0 Å². The van der Waals surface area contributed by atoms with Crippen molar-refractivity contribution in [2.45, 2.75) is 25.4 Å². The molecule has 3 rings (SSSR count). The lowest BCUT2D eigenvalue weighted by atomic mass is 10.1. The van der Waals surface area contributed by atoms with Crippen molar-refractivity contribution in [3.8, 4) is 11.3 Å². The second-order valence-corrected chi connectivity index (χ2v) is 4.86. The molecule has 2 aromatic rings. The summed E-state index contributed by atoms with van der Waals surface area (Å²) >= 11 is 0. The minimum absolute atomic E-state index is 0. The Morgan fingerprint density at radius 2 is 2.19 bits per heavy atom. The Morgan fingerprint density at radius 3 is 2.90 bits per heavy atom. The quantitative estimate of drug-likeness (QED) is 0.908. The fourth-order valence-electron chi connectivity index (χ4n) is 2.42. The van der Waals surface area contributed by atoms with Gasteiger partial charge < -0.3 is 15.1 Å². The number of aromatic nitrogens is 1. The van der Waals surface area contributed by atoms with Gasteiger partial charge in [-0.1, -0.05) is 30.3 Å². The van der Waals surface area contributed by atoms with Crippen LogP contribution in [0.1, 0.15) is 18.5 Å². The normalized spacial score (nSPS) is 17.2. The van der Waals surface area contributed by atoms with Crippen LogP contribution >= 0.6 is 12.4 Å². The molecule has 1 saturated heterocycles. The second-order valence-electron chi connectivity index (χ2n) is 4.86. The molecule has 1 amide bonds. The summed E-state index contributed by atoms with van der Waals surface area (Å²) in [7, 11) is 0. The SMILES string of the molecule is Cl.O=C(NCc1ncoc1-c1ccccc1)C1CCCN1. The largest absolute Gasteiger partial charge is 0.443 e. The zero-order valence-electron chi connectivity index (χ0n) is 11.5. The van der Waals surface area contributed by atoms with Crippen molar-refractivity contribution < 1.29 is 9.21 Å². The molecule has 0 aliphatic carbocycles. The number of amides is 1. The van der Waals surface area contributed by atoms with Gasteiger partial charge in [0.1, 0.15) is 5.69 Å². The van der Waals surface area contributed by atoms with E-state index in [4.69, 9.17) is 4.42 Å². The van der Waals surface area contributed by atoms with Gasteiger partial charge in [0.2, 0.25) is 5.91 Å². The minimum atomic E-state index is -0.0675. The van der Waals surface area contributed by atoms with Gasteiger partial charge in [-0.2, -0.15) is 0 Å². The first kappa shape index (κ1) is 15.5. The summed E-state index contributed by atoms with van der Waals surface area (Å²) in [5, 5.41) is 6.09. The van der Waals surface area contributed by atoms with Gasteiger partial charge >= 0.3 is 0 Å². The summed E-state index contributed by atoms with van der Waals surface area (Å²) in [4.78, 5) is 16.1. The number of nitrogens with one attached hydrogen (secondary N) is 2. The fourth-order valence-corrected chi connectivity index (χ4v) is 2.42. The highest BCUT2D eigenvalue weighted by atomic mass is 35.5. The van der Waals surface area contributed by atoms with E-state index in [0.717, 1.165) is 30.6 Å². The fraction of sp³-hybridized carbons (Fsp3) is 0.333. The Labute approximate surface area is 129 Å². The van der Waals surface area contributed by atoms with E-state index >= 15 is 0 Å². The molecular weight excluding hydrogens is 290 g/mol. The first-order valence-corrected chi connectivity index (χ1v) is 6.83. The summed E-state index contributed by atoms with van der Waals surface area (Å²) < 4.78 is 5.43. The van der Waals surface area contributed by atoms with Gasteiger partial charge in [-0.05, 0) is 19.4 Å². The molecule has 1 atom stereocenters. The maximum Gasteiger partial charge on any atom is 0.237 e. The average molecular weight is 308 g/mol. The number of benzene rings is 1. The molecule has 1 aliphatic rings. The molecule has 0 saturated carbocycles. The summed E-state index contributed by atoms with van der Waals surface area (Å²) in [6.07, 6.45) is 3.37. The Morgan fingerprint density at radius 1 is 1.38 bits per heavy atom. The van der Waals surface area contributed by atoms with Gasteiger partial charge in [-0.3, -0.25) is 4.79 Å². The van der Waals surface area contributed by atoms with E-state index < -0.39 is 0 Å². The van der Waals surface area contributed by atoms with E-state index in [0.29, 0.717) is 12.3 Å². The Balaban J connectivity index is 0.00000161. The molecule has 2 N–H and O–H groups in total. The van der Waals surface area contributed by atoms with Crippen LogP contribution in [0.15, 0.2) is 41.1 Å². The molecule has 1 aromatic carbocycles. The highest BCUT2D eigenvalue weighted by Gasteiger charge is 2.22. The van der Waals surface area contributed by atoms with Gasteiger partial charge in [-0.25, -0.2) is 4.98 Å². The number of halogens is 1. The van der Waals surface area contributed by atoms with Crippen LogP contribution < -0.4 is 10.6 Å². The number of oxazole rings is 1. The molecule has 1 aromatic heterocycles. The molecule has 0 radical (unpaired) electrons. The molecule has 2 heterocycles. The number of nitrogens with zero attached hydrogens (tertiary/aromatic N) is 1. The topological polar surface area (TPSA) is 67.2 Å². The number of hydrogen-bond acceptors (Lipinski definition) is 4. The van der Waals surface area contributed by atoms with Gasteiger partial charge in [0.05, 0.1) is 12.6 Å². The minimum Gasteiger partial charge on any atom is -0.443 e. The van der Waals surface area contributed by atoms with Gasteiger partial charge in [-0.15, -0.1) is 12.4 Å². The monoisotopic (exact) mass is 307 g/mol. The first-order valence-electron chi connectivity index (χ1n) is 6.83. The van der Waals surface area contributed by atoms with Gasteiger partial charge in [0.25, 0.3) is 0 Å². The van der Waals surface area contributed by atoms with Crippen molar-refractivity contribution in [3.63, 3.8) is 0 Å². The van der Waals surface area contributed by atoms with Gasteiger partial charge in [0, 0.05) is 5.56 Å². The number of hydrogen-bond donors (Lipinski definition) is 2. The summed E-state index contributed by atoms with van der Waals surface area (Å²) in [6.45, 7) is 1.30. The maximum absolute atomic E-state index is 12.0. The molecule has 1 unspecified atom stereocenters. The summed E-state index contributed by atoms with van der Waals surface area (Å²) in [5.74, 6) is 0.745. The van der Waals surface area contributed by atoms with E-state index in [-0.39, 0.29) is 24.4 Å². The third-order valence-electron chi connectivity index (χ3n) is 3.48. The Hall–Kier alpha value is -1.85. The van der Waals surface area contributed by atoms with Crippen LogP contribution in [0, 0.1) is 0 Å². The van der Waals surface area contributed by atoms with Crippen molar-refractivity contribution >= 4 is 18.3 Å². The van der Waals surface area contributed by atoms with E-state index in [1.165, 1.54) is 6.39 Å². The van der Waals surface area contributed by atoms with E-state index in [2.05, 4.69) is 15.6 Å². The zero-order chi connectivity index (χ0) is 13.8. The van der Waals surface area contributed by atoms with Gasteiger partial charge in [0.15, 0.2) is 12.2 Å². The van der Waals surface area contributed by atoms with Crippen molar-refractivity contribution in [2.24, 2.45) is 0 Å². The Bertz CT molecular complexity index is 580. The molecular formula is C15H18ClN3O2. The molecule has 1 fully saturated rings. The molecule has 5 nitrogen and oxygen atoms in total. The third kappa shape index (κ3) is 3.62. The van der Waals surface area contributed by atoms with E-state index in [9.17, 15) is 4.79 Å². The third-order valence-corrected chi connectivity index (χ3v) is 3.48. The molecule has 1 aliphatic heterocycles. The lowest BCUT2D eigenvalue weighted by Crippen LogP contribution is -2.40. The highest BCUT2D eigenvalue weighted by Crippen LogP contribution is 2.22. The maximum atomic E-state index is 12.0. The van der Waals surface area contributed by atoms with Crippen LogP contribution in [0.25, 0.3) is 11.3 Å². The van der Waals surface area contributed by atoms with Crippen LogP contribution in [0.4, 0.5) is 0 Å². The average Bonchev–Trinajstić information content (AvgIpc) is 3.17. The molecule has 21 heavy (non-hydrogen) atoms. The van der Waals surface area contributed by atoms with Crippen molar-refractivity contribution in [3.05, 3.63) is 42.4 Å². The number of carbonyl (C=O) groups is 1. The Kier molecular flexibility index (Phi) is 5.36. The summed E-state index contributed by atoms with van der Waals surface area (Å²) in [5.41, 5.74) is 1.72. The van der Waals surface area contributed by atoms with Crippen molar-refractivity contribution in [1.29, 1.82) is 0 Å². The van der Waals surface area contributed by atoms with Crippen LogP contribution in [-0.4, -0.2) is 23.5 Å². The van der Waals surface area contributed by atoms with E-state index in [1.807, 2.05) is 30.3 Å².